The lowest BCUT2D eigenvalue weighted by atomic mass is 10.2. The second-order valence-electron chi connectivity index (χ2n) is 5.03. The van der Waals surface area contributed by atoms with Crippen molar-refractivity contribution in [1.29, 1.82) is 0 Å². The fraction of sp³-hybridized carbons (Fsp3) is 0.600. The van der Waals surface area contributed by atoms with Crippen molar-refractivity contribution in [2.75, 3.05) is 6.61 Å². The van der Waals surface area contributed by atoms with E-state index in [0.717, 1.165) is 0 Å². The number of nitrogens with two attached hydrogens (primary N) is 1. The maximum absolute atomic E-state index is 11.7. The smallest absolute Gasteiger partial charge is 0.394 e. The van der Waals surface area contributed by atoms with E-state index in [2.05, 4.69) is 19.5 Å². The summed E-state index contributed by atoms with van der Waals surface area (Å²) in [7, 11) is -4.74. The van der Waals surface area contributed by atoms with Gasteiger partial charge in [-0.3, -0.25) is 19.2 Å². The third-order valence-electron chi connectivity index (χ3n) is 3.48. The average Bonchev–Trinajstić information content (AvgIpc) is 3.00. The standard InChI is InChI=1S/C10H14N5O7P.H3N/c11-10-13-8-7(9(17)14-10)12-3-15(8)6-1-4(5(2-16)21-6)22-23(18,19)20;/h3-7,16H,1-2H2,(H2,11,14,17)(H2,18,19,20);1H3. The lowest BCUT2D eigenvalue weighted by Crippen LogP contribution is -2.44. The lowest BCUT2D eigenvalue weighted by Gasteiger charge is -2.25. The van der Waals surface area contributed by atoms with Crippen LogP contribution in [0.5, 0.6) is 0 Å². The number of hydrogen-bond donors (Lipinski definition) is 5. The number of nitrogens with zero attached hydrogens (tertiary/aromatic N) is 4. The summed E-state index contributed by atoms with van der Waals surface area (Å²) in [5, 5.41) is 9.28. The quantitative estimate of drug-likeness (QED) is 0.336. The molecule has 0 aromatic carbocycles. The van der Waals surface area contributed by atoms with Gasteiger partial charge in [-0.05, 0) is 0 Å². The van der Waals surface area contributed by atoms with E-state index in [0.29, 0.717) is 0 Å². The molecule has 3 heterocycles. The van der Waals surface area contributed by atoms with E-state index in [4.69, 9.17) is 20.3 Å². The van der Waals surface area contributed by atoms with E-state index in [1.54, 1.807) is 0 Å². The van der Waals surface area contributed by atoms with E-state index >= 15 is 0 Å². The molecule has 4 atom stereocenters. The third kappa shape index (κ3) is 3.52. The van der Waals surface area contributed by atoms with Crippen molar-refractivity contribution in [3.05, 3.63) is 0 Å². The number of guanidine groups is 1. The van der Waals surface area contributed by atoms with Crippen LogP contribution in [0.2, 0.25) is 0 Å². The van der Waals surface area contributed by atoms with Crippen LogP contribution in [0.1, 0.15) is 6.42 Å². The van der Waals surface area contributed by atoms with Crippen LogP contribution in [0.3, 0.4) is 0 Å². The highest BCUT2D eigenvalue weighted by atomic mass is 31.2. The molecule has 0 aromatic heterocycles. The molecule has 0 spiro atoms. The van der Waals surface area contributed by atoms with E-state index in [-0.39, 0.29) is 24.4 Å². The summed E-state index contributed by atoms with van der Waals surface area (Å²) in [5.41, 5.74) is 5.46. The van der Waals surface area contributed by atoms with Gasteiger partial charge in [-0.15, -0.1) is 0 Å². The van der Waals surface area contributed by atoms with Gasteiger partial charge in [0.25, 0.3) is 5.91 Å². The summed E-state index contributed by atoms with van der Waals surface area (Å²) in [4.78, 5) is 42.4. The molecule has 3 aliphatic heterocycles. The van der Waals surface area contributed by atoms with Crippen molar-refractivity contribution >= 4 is 31.9 Å². The summed E-state index contributed by atoms with van der Waals surface area (Å²) in [6.07, 6.45) is -1.39. The van der Waals surface area contributed by atoms with Crippen LogP contribution >= 0.6 is 7.82 Å². The maximum atomic E-state index is 11.7. The fourth-order valence-electron chi connectivity index (χ4n) is 2.56. The number of phosphoric ester groups is 1. The first-order valence-electron chi connectivity index (χ1n) is 6.57. The van der Waals surface area contributed by atoms with Crippen molar-refractivity contribution in [3.8, 4) is 0 Å². The lowest BCUT2D eigenvalue weighted by molar-refractivity contribution is -0.117. The molecule has 4 unspecified atom stereocenters. The monoisotopic (exact) mass is 364 g/mol. The molecule has 1 saturated heterocycles. The number of carbonyl (C=O) groups is 1. The van der Waals surface area contributed by atoms with Crippen molar-refractivity contribution in [3.63, 3.8) is 0 Å². The Hall–Kier alpha value is -1.73. The van der Waals surface area contributed by atoms with Crippen molar-refractivity contribution in [1.82, 2.24) is 11.1 Å². The topological polar surface area (TPSA) is 215 Å². The number of phosphoric acid groups is 1. The van der Waals surface area contributed by atoms with Crippen LogP contribution in [0.4, 0.5) is 0 Å². The van der Waals surface area contributed by atoms with E-state index < -0.39 is 44.8 Å². The van der Waals surface area contributed by atoms with Crippen LogP contribution in [0.25, 0.3) is 0 Å². The molecule has 13 nitrogen and oxygen atoms in total. The average molecular weight is 364 g/mol. The Balaban J connectivity index is 0.00000208. The first kappa shape index (κ1) is 18.6. The Bertz CT molecular complexity index is 660. The minimum absolute atomic E-state index is 0. The second-order valence-corrected chi connectivity index (χ2v) is 6.23. The molecule has 3 aliphatic rings. The Morgan fingerprint density at radius 2 is 2.17 bits per heavy atom. The molecular weight excluding hydrogens is 347 g/mol. The first-order valence-corrected chi connectivity index (χ1v) is 8.10. The maximum Gasteiger partial charge on any atom is 0.469 e. The largest absolute Gasteiger partial charge is 0.469 e. The van der Waals surface area contributed by atoms with Crippen LogP contribution in [-0.2, 0) is 18.6 Å². The Morgan fingerprint density at radius 1 is 1.46 bits per heavy atom. The van der Waals surface area contributed by atoms with Gasteiger partial charge in [0, 0.05) is 6.42 Å². The predicted octanol–water partition coefficient (Wildman–Crippen LogP) is -2.30. The summed E-state index contributed by atoms with van der Waals surface area (Å²) in [6.45, 7) is -0.495. The highest BCUT2D eigenvalue weighted by Crippen LogP contribution is 2.42. The number of amidine groups is 1. The van der Waals surface area contributed by atoms with Gasteiger partial charge in [-0.1, -0.05) is 0 Å². The molecule has 14 heteroatoms. The molecule has 8 N–H and O–H groups in total. The molecule has 0 aromatic rings. The summed E-state index contributed by atoms with van der Waals surface area (Å²) in [5.74, 6) is -0.566. The predicted molar refractivity (Wildman–Crippen MR) is 80.5 cm³/mol. The molecule has 0 aliphatic carbocycles. The summed E-state index contributed by atoms with van der Waals surface area (Å²) in [6, 6.07) is -0.916. The van der Waals surface area contributed by atoms with Crippen molar-refractivity contribution in [2.45, 2.75) is 30.9 Å². The molecule has 0 bridgehead atoms. The number of fused-ring (bicyclic) bond motifs is 1. The minimum atomic E-state index is -4.74. The van der Waals surface area contributed by atoms with Gasteiger partial charge in [-0.2, -0.15) is 9.98 Å². The zero-order chi connectivity index (χ0) is 16.8. The van der Waals surface area contributed by atoms with Gasteiger partial charge in [0.15, 0.2) is 11.9 Å². The summed E-state index contributed by atoms with van der Waals surface area (Å²) < 4.78 is 21.1. The molecule has 0 radical (unpaired) electrons. The zero-order valence-electron chi connectivity index (χ0n) is 12.3. The molecule has 0 saturated carbocycles. The zero-order valence-corrected chi connectivity index (χ0v) is 13.2. The summed E-state index contributed by atoms with van der Waals surface area (Å²) >= 11 is 0. The van der Waals surface area contributed by atoms with Crippen molar-refractivity contribution in [2.24, 2.45) is 20.7 Å². The molecule has 1 amide bonds. The van der Waals surface area contributed by atoms with Crippen LogP contribution < -0.4 is 11.9 Å². The van der Waals surface area contributed by atoms with Gasteiger partial charge in [0.2, 0.25) is 5.96 Å². The Labute approximate surface area is 135 Å². The van der Waals surface area contributed by atoms with E-state index in [1.165, 1.54) is 11.2 Å². The van der Waals surface area contributed by atoms with E-state index in [1.807, 2.05) is 0 Å². The molecule has 134 valence electrons. The SMILES string of the molecule is N.NC1=NC(=O)C2N=CN(C3CC(OP(=O)(O)O)C(CO)O3)C2=N1. The number of rotatable bonds is 4. The first-order chi connectivity index (χ1) is 10.8. The van der Waals surface area contributed by atoms with Crippen molar-refractivity contribution < 1.29 is 33.5 Å². The third-order valence-corrected chi connectivity index (χ3v) is 4.03. The van der Waals surface area contributed by atoms with Crippen LogP contribution in [0.15, 0.2) is 15.0 Å². The van der Waals surface area contributed by atoms with Gasteiger partial charge >= 0.3 is 7.82 Å². The number of carbonyl (C=O) groups excluding carboxylic acids is 1. The molecular formula is C10H17N6O7P. The number of aliphatic imine (C=N–C) groups is 3. The number of ether oxygens (including phenoxy) is 1. The normalized spacial score (nSPS) is 32.3. The van der Waals surface area contributed by atoms with Crippen LogP contribution in [-0.4, -0.2) is 74.9 Å². The van der Waals surface area contributed by atoms with Gasteiger partial charge in [-0.25, -0.2) is 4.57 Å². The van der Waals surface area contributed by atoms with Gasteiger partial charge in [0.1, 0.15) is 18.4 Å². The molecule has 3 rings (SSSR count). The number of aliphatic hydroxyl groups excluding tert-OH is 1. The number of aliphatic hydroxyl groups is 1. The number of amides is 1. The van der Waals surface area contributed by atoms with Gasteiger partial charge in [0.05, 0.1) is 12.9 Å². The van der Waals surface area contributed by atoms with E-state index in [9.17, 15) is 14.5 Å². The minimum Gasteiger partial charge on any atom is -0.394 e. The Kier molecular flexibility index (Phi) is 5.15. The van der Waals surface area contributed by atoms with Crippen LogP contribution in [0, 0.1) is 0 Å². The molecule has 24 heavy (non-hydrogen) atoms. The fourth-order valence-corrected chi connectivity index (χ4v) is 3.13. The number of hydrogen-bond acceptors (Lipinski definition) is 10. The Morgan fingerprint density at radius 3 is 2.79 bits per heavy atom. The van der Waals surface area contributed by atoms with Gasteiger partial charge < -0.3 is 31.5 Å². The highest BCUT2D eigenvalue weighted by molar-refractivity contribution is 7.46. The molecule has 1 fully saturated rings. The second kappa shape index (κ2) is 6.64. The highest BCUT2D eigenvalue weighted by Gasteiger charge is 2.46.